The lowest BCUT2D eigenvalue weighted by Gasteiger charge is -2.06. The summed E-state index contributed by atoms with van der Waals surface area (Å²) in [6.07, 6.45) is 0. The van der Waals surface area contributed by atoms with Gasteiger partial charge in [-0.05, 0) is 29.8 Å². The lowest BCUT2D eigenvalue weighted by Crippen LogP contribution is -2.28. The number of fused-ring (bicyclic) bond motifs is 1. The molecule has 1 aliphatic rings. The zero-order valence-corrected chi connectivity index (χ0v) is 14.1. The molecule has 0 aliphatic carbocycles. The lowest BCUT2D eigenvalue weighted by molar-refractivity contribution is -0.124. The number of ether oxygens (including phenoxy) is 3. The summed E-state index contributed by atoms with van der Waals surface area (Å²) in [5, 5.41) is 6.86. The summed E-state index contributed by atoms with van der Waals surface area (Å²) in [6.45, 7) is -0.209. The second-order valence-corrected chi connectivity index (χ2v) is 6.70. The van der Waals surface area contributed by atoms with Gasteiger partial charge < -0.3 is 23.9 Å². The Morgan fingerprint density at radius 2 is 1.92 bits per heavy atom. The Bertz CT molecular complexity index is 950. The van der Waals surface area contributed by atoms with Crippen LogP contribution in [0.25, 0.3) is 0 Å². The molecule has 0 unspecified atom stereocenters. The van der Waals surface area contributed by atoms with E-state index in [1.54, 1.807) is 18.2 Å². The molecule has 10 nitrogen and oxygen atoms in total. The maximum absolute atomic E-state index is 11.8. The van der Waals surface area contributed by atoms with E-state index < -0.39 is 33.6 Å². The molecule has 3 N–H and O–H groups in total. The summed E-state index contributed by atoms with van der Waals surface area (Å²) in [5.74, 6) is -0.692. The van der Waals surface area contributed by atoms with Gasteiger partial charge in [0.2, 0.25) is 17.6 Å². The van der Waals surface area contributed by atoms with Crippen LogP contribution in [0.15, 0.2) is 39.8 Å². The van der Waals surface area contributed by atoms with Crippen molar-refractivity contribution in [2.45, 2.75) is 11.6 Å². The molecule has 138 valence electrons. The van der Waals surface area contributed by atoms with Crippen LogP contribution in [-0.2, 0) is 26.1 Å². The van der Waals surface area contributed by atoms with Crippen molar-refractivity contribution in [3.05, 3.63) is 41.7 Å². The predicted octanol–water partition coefficient (Wildman–Crippen LogP) is 0.129. The standard InChI is InChI=1S/C15H14N2O8S/c16-26(20,21)14-4-3-11(25-14)15(19)22-7-13(18)17-6-9-1-2-10-12(5-9)24-8-23-10/h1-5H,6-8H2,(H,17,18)(H2,16,20,21). The first-order valence-corrected chi connectivity index (χ1v) is 8.82. The molecule has 3 rings (SSSR count). The summed E-state index contributed by atoms with van der Waals surface area (Å²) in [6, 6.07) is 7.33. The van der Waals surface area contributed by atoms with Crippen LogP contribution < -0.4 is 19.9 Å². The number of benzene rings is 1. The SMILES string of the molecule is NS(=O)(=O)c1ccc(C(=O)OCC(=O)NCc2ccc3c(c2)OCO3)o1. The van der Waals surface area contributed by atoms with Crippen molar-refractivity contribution in [2.75, 3.05) is 13.4 Å². The van der Waals surface area contributed by atoms with Gasteiger partial charge >= 0.3 is 5.97 Å². The largest absolute Gasteiger partial charge is 0.454 e. The summed E-state index contributed by atoms with van der Waals surface area (Å²) in [5.41, 5.74) is 0.776. The molecule has 1 amide bonds. The second-order valence-electron chi connectivity index (χ2n) is 5.20. The Hall–Kier alpha value is -3.05. The van der Waals surface area contributed by atoms with Gasteiger partial charge in [0, 0.05) is 6.54 Å². The molecule has 0 spiro atoms. The third-order valence-corrected chi connectivity index (χ3v) is 4.10. The van der Waals surface area contributed by atoms with Crippen LogP contribution in [0, 0.1) is 0 Å². The van der Waals surface area contributed by atoms with Crippen molar-refractivity contribution in [1.82, 2.24) is 5.32 Å². The molecule has 0 radical (unpaired) electrons. The minimum Gasteiger partial charge on any atom is -0.454 e. The van der Waals surface area contributed by atoms with E-state index in [9.17, 15) is 18.0 Å². The van der Waals surface area contributed by atoms with Crippen molar-refractivity contribution in [3.8, 4) is 11.5 Å². The van der Waals surface area contributed by atoms with Crippen molar-refractivity contribution in [3.63, 3.8) is 0 Å². The van der Waals surface area contributed by atoms with Gasteiger partial charge in [-0.15, -0.1) is 0 Å². The molecule has 2 heterocycles. The van der Waals surface area contributed by atoms with Gasteiger partial charge in [-0.3, -0.25) is 4.79 Å². The number of furan rings is 1. The fourth-order valence-corrected chi connectivity index (χ4v) is 2.55. The van der Waals surface area contributed by atoms with E-state index in [1.807, 2.05) is 0 Å². The number of primary sulfonamides is 1. The molecule has 0 saturated heterocycles. The highest BCUT2D eigenvalue weighted by atomic mass is 32.2. The Morgan fingerprint density at radius 1 is 1.15 bits per heavy atom. The zero-order chi connectivity index (χ0) is 18.7. The molecule has 2 aromatic rings. The number of carbonyl (C=O) groups is 2. The first kappa shape index (κ1) is 17.8. The van der Waals surface area contributed by atoms with Gasteiger partial charge in [-0.25, -0.2) is 18.4 Å². The van der Waals surface area contributed by atoms with E-state index in [-0.39, 0.29) is 19.1 Å². The molecule has 1 aliphatic heterocycles. The Labute approximate surface area is 147 Å². The van der Waals surface area contributed by atoms with Crippen molar-refractivity contribution in [1.29, 1.82) is 0 Å². The minimum absolute atomic E-state index is 0.154. The van der Waals surface area contributed by atoms with Crippen molar-refractivity contribution in [2.24, 2.45) is 5.14 Å². The summed E-state index contributed by atoms with van der Waals surface area (Å²) in [7, 11) is -4.06. The molecular formula is C15H14N2O8S. The average molecular weight is 382 g/mol. The van der Waals surface area contributed by atoms with Crippen LogP contribution in [0.5, 0.6) is 11.5 Å². The number of rotatable bonds is 6. The van der Waals surface area contributed by atoms with E-state index in [1.165, 1.54) is 0 Å². The lowest BCUT2D eigenvalue weighted by atomic mass is 10.2. The zero-order valence-electron chi connectivity index (χ0n) is 13.3. The number of hydrogen-bond acceptors (Lipinski definition) is 8. The van der Waals surface area contributed by atoms with Crippen LogP contribution in [0.2, 0.25) is 0 Å². The maximum atomic E-state index is 11.8. The summed E-state index contributed by atoms with van der Waals surface area (Å²) < 4.78 is 42.1. The normalized spacial score (nSPS) is 12.7. The first-order valence-electron chi connectivity index (χ1n) is 7.28. The Morgan fingerprint density at radius 3 is 2.65 bits per heavy atom. The average Bonchev–Trinajstić information content (AvgIpc) is 3.25. The molecule has 0 saturated carbocycles. The maximum Gasteiger partial charge on any atom is 0.374 e. The highest BCUT2D eigenvalue weighted by Gasteiger charge is 2.19. The third kappa shape index (κ3) is 4.13. The smallest absolute Gasteiger partial charge is 0.374 e. The Kier molecular flexibility index (Phi) is 4.82. The number of sulfonamides is 1. The first-order chi connectivity index (χ1) is 12.3. The van der Waals surface area contributed by atoms with E-state index >= 15 is 0 Å². The molecule has 26 heavy (non-hydrogen) atoms. The van der Waals surface area contributed by atoms with E-state index in [4.69, 9.17) is 23.8 Å². The molecular weight excluding hydrogens is 368 g/mol. The van der Waals surface area contributed by atoms with Crippen LogP contribution in [0.1, 0.15) is 16.1 Å². The van der Waals surface area contributed by atoms with Crippen LogP contribution in [0.4, 0.5) is 0 Å². The second kappa shape index (κ2) is 7.06. The number of amides is 1. The molecule has 11 heteroatoms. The van der Waals surface area contributed by atoms with Gasteiger partial charge in [-0.1, -0.05) is 6.07 Å². The Balaban J connectivity index is 1.48. The third-order valence-electron chi connectivity index (χ3n) is 3.32. The van der Waals surface area contributed by atoms with Gasteiger partial charge in [-0.2, -0.15) is 0 Å². The van der Waals surface area contributed by atoms with Gasteiger partial charge in [0.25, 0.3) is 15.9 Å². The molecule has 0 fully saturated rings. The highest BCUT2D eigenvalue weighted by molar-refractivity contribution is 7.89. The number of nitrogens with two attached hydrogens (primary N) is 1. The minimum atomic E-state index is -4.06. The van der Waals surface area contributed by atoms with Crippen LogP contribution >= 0.6 is 0 Å². The van der Waals surface area contributed by atoms with Gasteiger partial charge in [0.1, 0.15) is 0 Å². The van der Waals surface area contributed by atoms with Gasteiger partial charge in [0.15, 0.2) is 18.1 Å². The topological polar surface area (TPSA) is 147 Å². The van der Waals surface area contributed by atoms with Crippen LogP contribution in [0.3, 0.4) is 0 Å². The van der Waals surface area contributed by atoms with Crippen LogP contribution in [-0.4, -0.2) is 33.7 Å². The molecule has 0 atom stereocenters. The summed E-state index contributed by atoms with van der Waals surface area (Å²) in [4.78, 5) is 23.5. The molecule has 1 aromatic heterocycles. The monoisotopic (exact) mass is 382 g/mol. The quantitative estimate of drug-likeness (QED) is 0.670. The number of esters is 1. The molecule has 0 bridgehead atoms. The van der Waals surface area contributed by atoms with E-state index in [0.29, 0.717) is 11.5 Å². The van der Waals surface area contributed by atoms with Crippen molar-refractivity contribution >= 4 is 21.9 Å². The molecule has 1 aromatic carbocycles. The number of hydrogen-bond donors (Lipinski definition) is 2. The number of nitrogens with one attached hydrogen (secondary N) is 1. The van der Waals surface area contributed by atoms with Crippen molar-refractivity contribution < 1.29 is 36.6 Å². The van der Waals surface area contributed by atoms with E-state index in [2.05, 4.69) is 5.32 Å². The fourth-order valence-electron chi connectivity index (χ4n) is 2.09. The summed E-state index contributed by atoms with van der Waals surface area (Å²) >= 11 is 0. The number of carbonyl (C=O) groups excluding carboxylic acids is 2. The predicted molar refractivity (Wildman–Crippen MR) is 84.8 cm³/mol. The fraction of sp³-hybridized carbons (Fsp3) is 0.200. The van der Waals surface area contributed by atoms with E-state index in [0.717, 1.165) is 17.7 Å². The highest BCUT2D eigenvalue weighted by Crippen LogP contribution is 2.32. The van der Waals surface area contributed by atoms with Gasteiger partial charge in [0.05, 0.1) is 0 Å².